The van der Waals surface area contributed by atoms with Crippen molar-refractivity contribution in [2.24, 2.45) is 5.92 Å². The average Bonchev–Trinajstić information content (AvgIpc) is 3.76. The molecule has 1 aliphatic heterocycles. The third-order valence-corrected chi connectivity index (χ3v) is 9.33. The number of carboxylic acids is 1. The lowest BCUT2D eigenvalue weighted by Gasteiger charge is -2.22. The molecular formula is C33H34N2O8S2. The summed E-state index contributed by atoms with van der Waals surface area (Å²) in [4.78, 5) is 39.9. The Morgan fingerprint density at radius 3 is 2.62 bits per heavy atom. The number of rotatable bonds is 12. The van der Waals surface area contributed by atoms with Crippen molar-refractivity contribution >= 4 is 52.2 Å². The number of thioether (sulfide) groups is 1. The monoisotopic (exact) mass is 650 g/mol. The number of nitrogens with one attached hydrogen (secondary N) is 1. The fourth-order valence-electron chi connectivity index (χ4n) is 5.55. The second-order valence-electron chi connectivity index (χ2n) is 11.0. The van der Waals surface area contributed by atoms with Crippen LogP contribution in [0.25, 0.3) is 17.4 Å². The molecule has 1 aromatic heterocycles. The zero-order chi connectivity index (χ0) is 32.1. The smallest absolute Gasteiger partial charge is 0.326 e. The number of thiocarbonyl (C=S) groups is 1. The fraction of sp³-hybridized carbons (Fsp3) is 0.333. The quantitative estimate of drug-likeness (QED) is 0.167. The molecule has 3 N–H and O–H groups in total. The number of hydrogen-bond acceptors (Lipinski definition) is 9. The van der Waals surface area contributed by atoms with Crippen molar-refractivity contribution in [3.05, 3.63) is 70.8 Å². The van der Waals surface area contributed by atoms with Crippen LogP contribution in [0.4, 0.5) is 0 Å². The normalized spacial score (nSPS) is 19.6. The molecule has 1 saturated carbocycles. The summed E-state index contributed by atoms with van der Waals surface area (Å²) >= 11 is 6.85. The first-order valence-electron chi connectivity index (χ1n) is 14.6. The Hall–Kier alpha value is -4.29. The average molecular weight is 651 g/mol. The zero-order valence-corrected chi connectivity index (χ0v) is 26.5. The van der Waals surface area contributed by atoms with Crippen LogP contribution in [0.15, 0.2) is 63.9 Å². The molecule has 2 amide bonds. The molecule has 0 spiro atoms. The van der Waals surface area contributed by atoms with Crippen molar-refractivity contribution in [1.29, 1.82) is 0 Å². The highest BCUT2D eigenvalue weighted by atomic mass is 32.2. The number of ether oxygens (including phenoxy) is 2. The number of carbonyl (C=O) groups excluding carboxylic acids is 2. The summed E-state index contributed by atoms with van der Waals surface area (Å²) in [7, 11) is 1.47. The molecule has 10 nitrogen and oxygen atoms in total. The van der Waals surface area contributed by atoms with Gasteiger partial charge in [-0.05, 0) is 73.2 Å². The SMILES string of the molecule is CCC1CCC(N2C(=O)/C(=C/c3ccc(-c4ccc(OC)c(OCC(=O)N[C@@H](Cc5ccc(O)cc5)C(=O)O)c4)o3)SC2=S)C1. The number of furan rings is 1. The molecule has 3 atom stereocenters. The molecule has 0 bridgehead atoms. The van der Waals surface area contributed by atoms with Gasteiger partial charge in [0.1, 0.15) is 27.6 Å². The van der Waals surface area contributed by atoms with Crippen LogP contribution in [0.5, 0.6) is 17.2 Å². The van der Waals surface area contributed by atoms with Gasteiger partial charge in [-0.2, -0.15) is 0 Å². The molecule has 0 radical (unpaired) electrons. The second kappa shape index (κ2) is 14.2. The summed E-state index contributed by atoms with van der Waals surface area (Å²) < 4.78 is 17.7. The van der Waals surface area contributed by atoms with E-state index in [1.54, 1.807) is 53.4 Å². The Kier molecular flexibility index (Phi) is 10.1. The zero-order valence-electron chi connectivity index (χ0n) is 24.9. The standard InChI is InChI=1S/C33H34N2O8S2/c1-3-19-4-8-22(14-19)35-31(38)29(45-33(35)44)17-24-11-13-26(43-24)21-7-12-27(41-2)28(16-21)42-18-30(37)34-25(32(39)40)15-20-5-9-23(36)10-6-20/h5-7,9-13,16-17,19,22,25,36H,3-4,8,14-15,18H2,1-2H3,(H,34,37)(H,39,40)/b29-17-/t19?,22?,25-/m0/s1. The Morgan fingerprint density at radius 2 is 1.93 bits per heavy atom. The molecule has 1 aliphatic carbocycles. The van der Waals surface area contributed by atoms with Gasteiger partial charge >= 0.3 is 5.97 Å². The first-order valence-corrected chi connectivity index (χ1v) is 15.9. The van der Waals surface area contributed by atoms with E-state index < -0.39 is 24.5 Å². The topological polar surface area (TPSA) is 139 Å². The largest absolute Gasteiger partial charge is 0.508 e. The molecule has 2 fully saturated rings. The van der Waals surface area contributed by atoms with Crippen LogP contribution in [0.3, 0.4) is 0 Å². The van der Waals surface area contributed by atoms with Crippen LogP contribution in [-0.2, 0) is 20.8 Å². The Bertz CT molecular complexity index is 1620. The molecule has 12 heteroatoms. The first kappa shape index (κ1) is 32.1. The third kappa shape index (κ3) is 7.69. The highest BCUT2D eigenvalue weighted by Crippen LogP contribution is 2.40. The van der Waals surface area contributed by atoms with Gasteiger partial charge in [-0.15, -0.1) is 0 Å². The predicted octanol–water partition coefficient (Wildman–Crippen LogP) is 5.63. The number of carboxylic acid groups (broad SMARTS) is 1. The van der Waals surface area contributed by atoms with Gasteiger partial charge in [0, 0.05) is 24.1 Å². The molecule has 2 aromatic carbocycles. The van der Waals surface area contributed by atoms with Gasteiger partial charge in [0.2, 0.25) is 0 Å². The molecule has 236 valence electrons. The van der Waals surface area contributed by atoms with Crippen molar-refractivity contribution in [3.63, 3.8) is 0 Å². The number of methoxy groups -OCH3 is 1. The maximum absolute atomic E-state index is 13.2. The Labute approximate surface area is 270 Å². The highest BCUT2D eigenvalue weighted by Gasteiger charge is 2.40. The van der Waals surface area contributed by atoms with Crippen molar-refractivity contribution in [2.75, 3.05) is 13.7 Å². The van der Waals surface area contributed by atoms with Crippen molar-refractivity contribution in [1.82, 2.24) is 10.2 Å². The van der Waals surface area contributed by atoms with Crippen LogP contribution in [0.1, 0.15) is 43.9 Å². The number of phenols is 1. The van der Waals surface area contributed by atoms with E-state index in [0.29, 0.717) is 43.5 Å². The van der Waals surface area contributed by atoms with Gasteiger partial charge in [0.05, 0.1) is 12.0 Å². The summed E-state index contributed by atoms with van der Waals surface area (Å²) in [5.41, 5.74) is 1.28. The lowest BCUT2D eigenvalue weighted by molar-refractivity contribution is -0.142. The van der Waals surface area contributed by atoms with E-state index in [1.807, 2.05) is 0 Å². The third-order valence-electron chi connectivity index (χ3n) is 8.00. The molecule has 2 unspecified atom stereocenters. The predicted molar refractivity (Wildman–Crippen MR) is 174 cm³/mol. The van der Waals surface area contributed by atoms with Crippen LogP contribution < -0.4 is 14.8 Å². The lowest BCUT2D eigenvalue weighted by atomic mass is 10.1. The number of hydrogen-bond donors (Lipinski definition) is 3. The Balaban J connectivity index is 1.24. The maximum Gasteiger partial charge on any atom is 0.326 e. The molecular weight excluding hydrogens is 617 g/mol. The van der Waals surface area contributed by atoms with E-state index in [9.17, 15) is 24.6 Å². The summed E-state index contributed by atoms with van der Waals surface area (Å²) in [5, 5.41) is 21.5. The van der Waals surface area contributed by atoms with E-state index in [4.69, 9.17) is 26.1 Å². The lowest BCUT2D eigenvalue weighted by Crippen LogP contribution is -2.44. The minimum Gasteiger partial charge on any atom is -0.508 e. The molecule has 2 heterocycles. The maximum atomic E-state index is 13.2. The van der Waals surface area contributed by atoms with Crippen LogP contribution in [0.2, 0.25) is 0 Å². The van der Waals surface area contributed by atoms with E-state index in [-0.39, 0.29) is 29.9 Å². The van der Waals surface area contributed by atoms with Gasteiger partial charge < -0.3 is 29.4 Å². The van der Waals surface area contributed by atoms with E-state index in [1.165, 1.54) is 31.0 Å². The van der Waals surface area contributed by atoms with Crippen LogP contribution in [-0.4, -0.2) is 63.0 Å². The molecule has 45 heavy (non-hydrogen) atoms. The minimum absolute atomic E-state index is 0.0327. The summed E-state index contributed by atoms with van der Waals surface area (Å²) in [5.74, 6) is 0.410. The van der Waals surface area contributed by atoms with E-state index in [2.05, 4.69) is 12.2 Å². The number of aliphatic carboxylic acids is 1. The van der Waals surface area contributed by atoms with Crippen LogP contribution >= 0.6 is 24.0 Å². The molecule has 5 rings (SSSR count). The second-order valence-corrected chi connectivity index (χ2v) is 12.7. The van der Waals surface area contributed by atoms with Gasteiger partial charge in [0.25, 0.3) is 11.8 Å². The molecule has 1 saturated heterocycles. The van der Waals surface area contributed by atoms with Crippen molar-refractivity contribution in [3.8, 4) is 28.6 Å². The number of amides is 2. The van der Waals surface area contributed by atoms with Gasteiger partial charge in [-0.1, -0.05) is 49.5 Å². The van der Waals surface area contributed by atoms with Crippen LogP contribution in [0, 0.1) is 5.92 Å². The van der Waals surface area contributed by atoms with Gasteiger partial charge in [-0.25, -0.2) is 4.79 Å². The van der Waals surface area contributed by atoms with Gasteiger partial charge in [0.15, 0.2) is 18.1 Å². The van der Waals surface area contributed by atoms with E-state index in [0.717, 1.165) is 25.7 Å². The van der Waals surface area contributed by atoms with Crippen molar-refractivity contribution in [2.45, 2.75) is 51.1 Å². The van der Waals surface area contributed by atoms with Crippen molar-refractivity contribution < 1.29 is 38.5 Å². The molecule has 3 aromatic rings. The summed E-state index contributed by atoms with van der Waals surface area (Å²) in [6.07, 6.45) is 5.90. The van der Waals surface area contributed by atoms with E-state index >= 15 is 0 Å². The number of phenolic OH excluding ortho intramolecular Hbond substituents is 1. The number of benzene rings is 2. The minimum atomic E-state index is -1.20. The molecule has 2 aliphatic rings. The fourth-order valence-corrected chi connectivity index (χ4v) is 6.93. The first-order chi connectivity index (χ1) is 21.6. The number of carbonyl (C=O) groups is 3. The summed E-state index contributed by atoms with van der Waals surface area (Å²) in [6.45, 7) is 1.73. The summed E-state index contributed by atoms with van der Waals surface area (Å²) in [6, 6.07) is 13.7. The number of nitrogens with zero attached hydrogens (tertiary/aromatic N) is 1. The van der Waals surface area contributed by atoms with Gasteiger partial charge in [-0.3, -0.25) is 14.5 Å². The Morgan fingerprint density at radius 1 is 1.16 bits per heavy atom. The highest BCUT2D eigenvalue weighted by molar-refractivity contribution is 8.26. The number of aromatic hydroxyl groups is 1.